The largest absolute Gasteiger partial charge is 0.462 e. The lowest BCUT2D eigenvalue weighted by molar-refractivity contribution is 0.0492. The van der Waals surface area contributed by atoms with Gasteiger partial charge in [-0.25, -0.2) is 4.79 Å². The van der Waals surface area contributed by atoms with E-state index in [9.17, 15) is 4.79 Å². The number of rotatable bonds is 5. The second-order valence-electron chi connectivity index (χ2n) is 4.63. The summed E-state index contributed by atoms with van der Waals surface area (Å²) in [5.74, 6) is -0.325. The van der Waals surface area contributed by atoms with Crippen LogP contribution in [0.2, 0.25) is 0 Å². The van der Waals surface area contributed by atoms with Gasteiger partial charge in [-0.15, -0.1) is 0 Å². The van der Waals surface area contributed by atoms with E-state index in [2.05, 4.69) is 4.90 Å². The Kier molecular flexibility index (Phi) is 4.59. The van der Waals surface area contributed by atoms with Crippen molar-refractivity contribution in [1.82, 2.24) is 4.90 Å². The zero-order valence-electron chi connectivity index (χ0n) is 10.6. The molecular formula is C14H20N2O2. The van der Waals surface area contributed by atoms with Crippen LogP contribution in [0.4, 0.5) is 5.69 Å². The van der Waals surface area contributed by atoms with Gasteiger partial charge in [0.25, 0.3) is 0 Å². The zero-order valence-corrected chi connectivity index (χ0v) is 10.6. The maximum atomic E-state index is 11.7. The molecule has 2 rings (SSSR count). The maximum Gasteiger partial charge on any atom is 0.340 e. The fourth-order valence-electron chi connectivity index (χ4n) is 2.22. The number of para-hydroxylation sites is 1. The Balaban J connectivity index is 1.70. The van der Waals surface area contributed by atoms with Crippen LogP contribution in [0.1, 0.15) is 29.6 Å². The normalized spacial score (nSPS) is 15.8. The minimum Gasteiger partial charge on any atom is -0.462 e. The summed E-state index contributed by atoms with van der Waals surface area (Å²) in [5, 5.41) is 0. The second kappa shape index (κ2) is 6.40. The predicted octanol–water partition coefficient (Wildman–Crippen LogP) is 1.91. The lowest BCUT2D eigenvalue weighted by Crippen LogP contribution is -2.22. The summed E-state index contributed by atoms with van der Waals surface area (Å²) in [4.78, 5) is 14.2. The van der Waals surface area contributed by atoms with Crippen molar-refractivity contribution in [2.75, 3.05) is 32.0 Å². The number of likely N-dealkylation sites (tertiary alicyclic amines) is 1. The van der Waals surface area contributed by atoms with Crippen LogP contribution in [0.3, 0.4) is 0 Å². The Morgan fingerprint density at radius 3 is 2.72 bits per heavy atom. The molecule has 0 saturated carbocycles. The van der Waals surface area contributed by atoms with Crippen molar-refractivity contribution >= 4 is 11.7 Å². The molecule has 0 atom stereocenters. The monoisotopic (exact) mass is 248 g/mol. The fraction of sp³-hybridized carbons (Fsp3) is 0.500. The number of benzene rings is 1. The van der Waals surface area contributed by atoms with Gasteiger partial charge in [-0.05, 0) is 44.5 Å². The molecular weight excluding hydrogens is 228 g/mol. The third kappa shape index (κ3) is 3.47. The molecule has 98 valence electrons. The molecule has 0 unspecified atom stereocenters. The fourth-order valence-corrected chi connectivity index (χ4v) is 2.22. The summed E-state index contributed by atoms with van der Waals surface area (Å²) < 4.78 is 5.22. The van der Waals surface area contributed by atoms with Crippen LogP contribution in [-0.4, -0.2) is 37.1 Å². The third-order valence-electron chi connectivity index (χ3n) is 3.23. The maximum absolute atomic E-state index is 11.7. The molecule has 1 aliphatic rings. The van der Waals surface area contributed by atoms with Gasteiger partial charge >= 0.3 is 5.97 Å². The number of nitrogens with two attached hydrogens (primary N) is 1. The van der Waals surface area contributed by atoms with Gasteiger partial charge < -0.3 is 15.4 Å². The van der Waals surface area contributed by atoms with E-state index in [0.717, 1.165) is 13.0 Å². The number of ether oxygens (including phenoxy) is 1. The zero-order chi connectivity index (χ0) is 12.8. The van der Waals surface area contributed by atoms with Gasteiger partial charge in [0.2, 0.25) is 0 Å². The van der Waals surface area contributed by atoms with Crippen LogP contribution in [0.5, 0.6) is 0 Å². The van der Waals surface area contributed by atoms with E-state index in [1.807, 2.05) is 0 Å². The Labute approximate surface area is 108 Å². The average molecular weight is 248 g/mol. The van der Waals surface area contributed by atoms with Crippen molar-refractivity contribution < 1.29 is 9.53 Å². The Bertz CT molecular complexity index is 401. The molecule has 4 heteroatoms. The first kappa shape index (κ1) is 12.9. The van der Waals surface area contributed by atoms with Gasteiger partial charge in [0.05, 0.1) is 12.2 Å². The highest BCUT2D eigenvalue weighted by Gasteiger charge is 2.12. The highest BCUT2D eigenvalue weighted by atomic mass is 16.5. The predicted molar refractivity (Wildman–Crippen MR) is 71.4 cm³/mol. The van der Waals surface area contributed by atoms with E-state index < -0.39 is 0 Å². The first-order valence-electron chi connectivity index (χ1n) is 6.51. The summed E-state index contributed by atoms with van der Waals surface area (Å²) >= 11 is 0. The summed E-state index contributed by atoms with van der Waals surface area (Å²) in [6.45, 7) is 3.83. The molecule has 0 bridgehead atoms. The molecule has 2 N–H and O–H groups in total. The molecule has 0 radical (unpaired) electrons. The van der Waals surface area contributed by atoms with Gasteiger partial charge in [-0.3, -0.25) is 0 Å². The third-order valence-corrected chi connectivity index (χ3v) is 3.23. The minimum atomic E-state index is -0.325. The van der Waals surface area contributed by atoms with Crippen LogP contribution < -0.4 is 5.73 Å². The number of hydrogen-bond donors (Lipinski definition) is 1. The van der Waals surface area contributed by atoms with Gasteiger partial charge in [-0.2, -0.15) is 0 Å². The smallest absolute Gasteiger partial charge is 0.340 e. The standard InChI is InChI=1S/C14H20N2O2/c15-13-7-2-1-6-12(13)14(17)18-11-5-10-16-8-3-4-9-16/h1-2,6-7H,3-5,8-11,15H2. The molecule has 4 nitrogen and oxygen atoms in total. The van der Waals surface area contributed by atoms with Crippen molar-refractivity contribution in [2.24, 2.45) is 0 Å². The van der Waals surface area contributed by atoms with E-state index in [-0.39, 0.29) is 5.97 Å². The molecule has 0 aromatic heterocycles. The summed E-state index contributed by atoms with van der Waals surface area (Å²) in [5.41, 5.74) is 6.65. The summed E-state index contributed by atoms with van der Waals surface area (Å²) in [6, 6.07) is 7.00. The molecule has 1 aromatic rings. The van der Waals surface area contributed by atoms with Gasteiger partial charge in [0.1, 0.15) is 0 Å². The van der Waals surface area contributed by atoms with E-state index in [1.54, 1.807) is 24.3 Å². The number of carbonyl (C=O) groups is 1. The quantitative estimate of drug-likeness (QED) is 0.491. The molecule has 1 saturated heterocycles. The van der Waals surface area contributed by atoms with Crippen LogP contribution in [0.25, 0.3) is 0 Å². The lowest BCUT2D eigenvalue weighted by Gasteiger charge is -2.14. The first-order chi connectivity index (χ1) is 8.77. The Morgan fingerprint density at radius 2 is 2.00 bits per heavy atom. The van der Waals surface area contributed by atoms with E-state index >= 15 is 0 Å². The second-order valence-corrected chi connectivity index (χ2v) is 4.63. The summed E-state index contributed by atoms with van der Waals surface area (Å²) in [6.07, 6.45) is 3.47. The van der Waals surface area contributed by atoms with Crippen LogP contribution >= 0.6 is 0 Å². The molecule has 1 fully saturated rings. The van der Waals surface area contributed by atoms with E-state index in [1.165, 1.54) is 25.9 Å². The highest BCUT2D eigenvalue weighted by Crippen LogP contribution is 2.12. The molecule has 1 heterocycles. The lowest BCUT2D eigenvalue weighted by atomic mass is 10.2. The average Bonchev–Trinajstić information content (AvgIpc) is 2.88. The number of esters is 1. The van der Waals surface area contributed by atoms with Crippen LogP contribution in [-0.2, 0) is 4.74 Å². The van der Waals surface area contributed by atoms with E-state index in [0.29, 0.717) is 17.9 Å². The Morgan fingerprint density at radius 1 is 1.28 bits per heavy atom. The molecule has 0 spiro atoms. The van der Waals surface area contributed by atoms with Gasteiger partial charge in [0, 0.05) is 12.2 Å². The minimum absolute atomic E-state index is 0.325. The SMILES string of the molecule is Nc1ccccc1C(=O)OCCCN1CCCC1. The van der Waals surface area contributed by atoms with Crippen molar-refractivity contribution in [2.45, 2.75) is 19.3 Å². The number of hydrogen-bond acceptors (Lipinski definition) is 4. The van der Waals surface area contributed by atoms with Crippen molar-refractivity contribution in [3.8, 4) is 0 Å². The molecule has 0 aliphatic carbocycles. The molecule has 1 aromatic carbocycles. The van der Waals surface area contributed by atoms with Crippen molar-refractivity contribution in [3.05, 3.63) is 29.8 Å². The van der Waals surface area contributed by atoms with E-state index in [4.69, 9.17) is 10.5 Å². The number of nitrogens with zero attached hydrogens (tertiary/aromatic N) is 1. The number of anilines is 1. The number of nitrogen functional groups attached to an aromatic ring is 1. The molecule has 1 aliphatic heterocycles. The number of carbonyl (C=O) groups excluding carboxylic acids is 1. The first-order valence-corrected chi connectivity index (χ1v) is 6.51. The summed E-state index contributed by atoms with van der Waals surface area (Å²) in [7, 11) is 0. The van der Waals surface area contributed by atoms with Crippen LogP contribution in [0, 0.1) is 0 Å². The van der Waals surface area contributed by atoms with Gasteiger partial charge in [0.15, 0.2) is 0 Å². The molecule has 18 heavy (non-hydrogen) atoms. The topological polar surface area (TPSA) is 55.6 Å². The van der Waals surface area contributed by atoms with Crippen molar-refractivity contribution in [3.63, 3.8) is 0 Å². The van der Waals surface area contributed by atoms with Gasteiger partial charge in [-0.1, -0.05) is 12.1 Å². The highest BCUT2D eigenvalue weighted by molar-refractivity contribution is 5.94. The van der Waals surface area contributed by atoms with Crippen LogP contribution in [0.15, 0.2) is 24.3 Å². The van der Waals surface area contributed by atoms with Crippen molar-refractivity contribution in [1.29, 1.82) is 0 Å². The Hall–Kier alpha value is -1.55. The molecule has 0 amide bonds.